The van der Waals surface area contributed by atoms with E-state index >= 15 is 0 Å². The molecule has 0 N–H and O–H groups in total. The lowest BCUT2D eigenvalue weighted by molar-refractivity contribution is 0.557. The molecule has 2 rings (SSSR count). The molecule has 1 aromatic carbocycles. The van der Waals surface area contributed by atoms with Gasteiger partial charge in [-0.2, -0.15) is 0 Å². The number of hydrogen-bond acceptors (Lipinski definition) is 3. The van der Waals surface area contributed by atoms with Crippen LogP contribution >= 0.6 is 0 Å². The number of aromatic nitrogens is 4. The zero-order chi connectivity index (χ0) is 10.5. The van der Waals surface area contributed by atoms with Crippen molar-refractivity contribution in [1.82, 2.24) is 20.2 Å². The molecule has 1 heterocycles. The van der Waals surface area contributed by atoms with E-state index in [9.17, 15) is 0 Å². The molecule has 1 aromatic heterocycles. The third-order valence-electron chi connectivity index (χ3n) is 2.29. The van der Waals surface area contributed by atoms with E-state index in [0.717, 1.165) is 30.8 Å². The second-order valence-corrected chi connectivity index (χ2v) is 3.45. The highest BCUT2D eigenvalue weighted by atomic mass is 15.5. The van der Waals surface area contributed by atoms with Gasteiger partial charge in [0.05, 0.1) is 0 Å². The Hall–Kier alpha value is -1.71. The van der Waals surface area contributed by atoms with Gasteiger partial charge in [-0.1, -0.05) is 43.7 Å². The van der Waals surface area contributed by atoms with E-state index in [4.69, 9.17) is 0 Å². The van der Waals surface area contributed by atoms with Gasteiger partial charge < -0.3 is 0 Å². The summed E-state index contributed by atoms with van der Waals surface area (Å²) in [5.74, 6) is 0.851. The Morgan fingerprint density at radius 3 is 2.73 bits per heavy atom. The Morgan fingerprint density at radius 2 is 2.00 bits per heavy atom. The summed E-state index contributed by atoms with van der Waals surface area (Å²) in [6.07, 6.45) is 2.25. The third-order valence-corrected chi connectivity index (χ3v) is 2.29. The van der Waals surface area contributed by atoms with Crippen molar-refractivity contribution in [3.8, 4) is 11.4 Å². The van der Waals surface area contributed by atoms with Crippen molar-refractivity contribution in [1.29, 1.82) is 0 Å². The summed E-state index contributed by atoms with van der Waals surface area (Å²) < 4.78 is 1.86. The zero-order valence-corrected chi connectivity index (χ0v) is 8.80. The van der Waals surface area contributed by atoms with Gasteiger partial charge >= 0.3 is 0 Å². The van der Waals surface area contributed by atoms with Gasteiger partial charge in [0.1, 0.15) is 0 Å². The van der Waals surface area contributed by atoms with Crippen molar-refractivity contribution >= 4 is 0 Å². The lowest BCUT2D eigenvalue weighted by atomic mass is 10.2. The fourth-order valence-electron chi connectivity index (χ4n) is 1.46. The highest BCUT2D eigenvalue weighted by Gasteiger charge is 2.06. The Balaban J connectivity index is 2.25. The number of hydrogen-bond donors (Lipinski definition) is 0. The average molecular weight is 202 g/mol. The van der Waals surface area contributed by atoms with Crippen LogP contribution in [0.15, 0.2) is 30.3 Å². The fourth-order valence-corrected chi connectivity index (χ4v) is 1.46. The van der Waals surface area contributed by atoms with Crippen LogP contribution in [0.25, 0.3) is 11.4 Å². The summed E-state index contributed by atoms with van der Waals surface area (Å²) in [5, 5.41) is 11.7. The first kappa shape index (κ1) is 9.83. The molecule has 2 aromatic rings. The number of aryl methyl sites for hydroxylation is 1. The normalized spacial score (nSPS) is 10.5. The smallest absolute Gasteiger partial charge is 0.182 e. The predicted molar refractivity (Wildman–Crippen MR) is 58.2 cm³/mol. The molecule has 0 fully saturated rings. The number of tetrazole rings is 1. The van der Waals surface area contributed by atoms with Gasteiger partial charge in [-0.25, -0.2) is 4.68 Å². The molecule has 0 saturated carbocycles. The first-order valence-electron chi connectivity index (χ1n) is 5.23. The molecule has 15 heavy (non-hydrogen) atoms. The number of nitrogens with zero attached hydrogens (tertiary/aromatic N) is 4. The van der Waals surface area contributed by atoms with Crippen LogP contribution in [0.5, 0.6) is 0 Å². The van der Waals surface area contributed by atoms with Crippen LogP contribution in [0.4, 0.5) is 0 Å². The summed E-state index contributed by atoms with van der Waals surface area (Å²) in [4.78, 5) is 0. The molecule has 0 amide bonds. The highest BCUT2D eigenvalue weighted by molar-refractivity contribution is 5.53. The summed E-state index contributed by atoms with van der Waals surface area (Å²) in [6, 6.07) is 10.0. The largest absolute Gasteiger partial charge is 0.225 e. The Labute approximate surface area is 88.9 Å². The van der Waals surface area contributed by atoms with Crippen LogP contribution in [-0.2, 0) is 6.54 Å². The first-order valence-corrected chi connectivity index (χ1v) is 5.23. The van der Waals surface area contributed by atoms with Crippen molar-refractivity contribution in [2.75, 3.05) is 0 Å². The molecule has 0 saturated heterocycles. The standard InChI is InChI=1S/C11H14N4/c1-2-3-9-15-11(12-13-14-15)10-7-5-4-6-8-10/h4-8H,2-3,9H2,1H3. The van der Waals surface area contributed by atoms with Gasteiger partial charge in [0.25, 0.3) is 0 Å². The molecule has 4 heteroatoms. The maximum atomic E-state index is 4.04. The monoisotopic (exact) mass is 202 g/mol. The van der Waals surface area contributed by atoms with Gasteiger partial charge in [0, 0.05) is 12.1 Å². The van der Waals surface area contributed by atoms with Crippen LogP contribution in [0.2, 0.25) is 0 Å². The molecule has 0 atom stereocenters. The van der Waals surface area contributed by atoms with Crippen LogP contribution < -0.4 is 0 Å². The van der Waals surface area contributed by atoms with Gasteiger partial charge in [-0.15, -0.1) is 5.10 Å². The van der Waals surface area contributed by atoms with Crippen molar-refractivity contribution in [3.05, 3.63) is 30.3 Å². The molecule has 4 nitrogen and oxygen atoms in total. The fraction of sp³-hybridized carbons (Fsp3) is 0.364. The molecule has 0 radical (unpaired) electrons. The topological polar surface area (TPSA) is 43.6 Å². The molecule has 78 valence electrons. The van der Waals surface area contributed by atoms with Gasteiger partial charge in [-0.3, -0.25) is 0 Å². The molecule has 0 spiro atoms. The minimum Gasteiger partial charge on any atom is -0.225 e. The van der Waals surface area contributed by atoms with E-state index in [2.05, 4.69) is 22.4 Å². The van der Waals surface area contributed by atoms with Gasteiger partial charge in [-0.05, 0) is 16.8 Å². The van der Waals surface area contributed by atoms with E-state index in [1.807, 2.05) is 35.0 Å². The molecule has 0 unspecified atom stereocenters. The number of rotatable bonds is 4. The Bertz CT molecular complexity index is 408. The maximum absolute atomic E-state index is 4.04. The van der Waals surface area contributed by atoms with E-state index in [0.29, 0.717) is 0 Å². The quantitative estimate of drug-likeness (QED) is 0.763. The summed E-state index contributed by atoms with van der Waals surface area (Å²) in [5.41, 5.74) is 1.07. The SMILES string of the molecule is CCCCn1nnnc1-c1ccccc1. The average Bonchev–Trinajstić information content (AvgIpc) is 2.75. The van der Waals surface area contributed by atoms with E-state index in [-0.39, 0.29) is 0 Å². The van der Waals surface area contributed by atoms with Crippen LogP contribution in [0.1, 0.15) is 19.8 Å². The molecule has 0 aliphatic carbocycles. The third kappa shape index (κ3) is 2.21. The van der Waals surface area contributed by atoms with Gasteiger partial charge in [0.15, 0.2) is 5.82 Å². The van der Waals surface area contributed by atoms with Crippen molar-refractivity contribution < 1.29 is 0 Å². The maximum Gasteiger partial charge on any atom is 0.182 e. The van der Waals surface area contributed by atoms with Crippen LogP contribution in [-0.4, -0.2) is 20.2 Å². The van der Waals surface area contributed by atoms with Crippen molar-refractivity contribution in [3.63, 3.8) is 0 Å². The molecule has 0 bridgehead atoms. The minimum absolute atomic E-state index is 0.851. The Morgan fingerprint density at radius 1 is 1.20 bits per heavy atom. The summed E-state index contributed by atoms with van der Waals surface area (Å²) in [7, 11) is 0. The minimum atomic E-state index is 0.851. The lowest BCUT2D eigenvalue weighted by Crippen LogP contribution is -2.02. The molecular weight excluding hydrogens is 188 g/mol. The van der Waals surface area contributed by atoms with Crippen LogP contribution in [0, 0.1) is 0 Å². The van der Waals surface area contributed by atoms with E-state index in [1.54, 1.807) is 0 Å². The second-order valence-electron chi connectivity index (χ2n) is 3.45. The predicted octanol–water partition coefficient (Wildman–Crippen LogP) is 2.14. The summed E-state index contributed by atoms with van der Waals surface area (Å²) in [6.45, 7) is 3.04. The van der Waals surface area contributed by atoms with Crippen molar-refractivity contribution in [2.24, 2.45) is 0 Å². The highest BCUT2D eigenvalue weighted by Crippen LogP contribution is 2.14. The number of unbranched alkanes of at least 4 members (excludes halogenated alkanes) is 1. The second kappa shape index (κ2) is 4.68. The first-order chi connectivity index (χ1) is 7.42. The molecular formula is C11H14N4. The molecule has 0 aliphatic heterocycles. The van der Waals surface area contributed by atoms with Crippen LogP contribution in [0.3, 0.4) is 0 Å². The zero-order valence-electron chi connectivity index (χ0n) is 8.80. The summed E-state index contributed by atoms with van der Waals surface area (Å²) >= 11 is 0. The van der Waals surface area contributed by atoms with E-state index in [1.165, 1.54) is 0 Å². The Kier molecular flexibility index (Phi) is 3.07. The molecule has 0 aliphatic rings. The van der Waals surface area contributed by atoms with E-state index < -0.39 is 0 Å². The number of benzene rings is 1. The van der Waals surface area contributed by atoms with Crippen molar-refractivity contribution in [2.45, 2.75) is 26.3 Å². The lowest BCUT2D eigenvalue weighted by Gasteiger charge is -2.02. The van der Waals surface area contributed by atoms with Gasteiger partial charge in [0.2, 0.25) is 0 Å².